The summed E-state index contributed by atoms with van der Waals surface area (Å²) in [5, 5.41) is 10.5. The molecular formula is C16H17FO3. The highest BCUT2D eigenvalue weighted by Crippen LogP contribution is 2.37. The molecule has 0 aliphatic carbocycles. The molecule has 0 saturated heterocycles. The topological polar surface area (TPSA) is 38.7 Å². The molecule has 1 unspecified atom stereocenters. The van der Waals surface area contributed by atoms with Gasteiger partial charge in [-0.15, -0.1) is 0 Å². The molecule has 0 bridgehead atoms. The summed E-state index contributed by atoms with van der Waals surface area (Å²) >= 11 is 0. The van der Waals surface area contributed by atoms with Crippen LogP contribution in [0, 0.1) is 12.7 Å². The lowest BCUT2D eigenvalue weighted by molar-refractivity contribution is 0.208. The number of hydrogen-bond donors (Lipinski definition) is 1. The van der Waals surface area contributed by atoms with E-state index in [2.05, 4.69) is 0 Å². The molecule has 2 rings (SSSR count). The van der Waals surface area contributed by atoms with Crippen molar-refractivity contribution in [3.05, 3.63) is 58.9 Å². The first-order chi connectivity index (χ1) is 9.58. The second-order valence-corrected chi connectivity index (χ2v) is 4.51. The van der Waals surface area contributed by atoms with E-state index in [0.717, 1.165) is 5.56 Å². The lowest BCUT2D eigenvalue weighted by Crippen LogP contribution is -2.06. The zero-order chi connectivity index (χ0) is 14.7. The van der Waals surface area contributed by atoms with Crippen LogP contribution >= 0.6 is 0 Å². The molecule has 2 aromatic rings. The van der Waals surface area contributed by atoms with Gasteiger partial charge in [0.05, 0.1) is 14.2 Å². The van der Waals surface area contributed by atoms with Crippen molar-refractivity contribution in [3.8, 4) is 11.5 Å². The van der Waals surface area contributed by atoms with Crippen molar-refractivity contribution in [3.63, 3.8) is 0 Å². The minimum absolute atomic E-state index is 0.219. The predicted octanol–water partition coefficient (Wildman–Crippen LogP) is 3.23. The highest BCUT2D eigenvalue weighted by atomic mass is 19.1. The Morgan fingerprint density at radius 2 is 1.80 bits per heavy atom. The Bertz CT molecular complexity index is 611. The number of hydrogen-bond acceptors (Lipinski definition) is 3. The number of aliphatic hydroxyl groups is 1. The summed E-state index contributed by atoms with van der Waals surface area (Å²) in [6.45, 7) is 1.85. The van der Waals surface area contributed by atoms with Crippen LogP contribution in [0.4, 0.5) is 4.39 Å². The molecule has 1 atom stereocenters. The van der Waals surface area contributed by atoms with E-state index < -0.39 is 11.9 Å². The van der Waals surface area contributed by atoms with Crippen LogP contribution < -0.4 is 9.47 Å². The lowest BCUT2D eigenvalue weighted by atomic mass is 9.98. The summed E-state index contributed by atoms with van der Waals surface area (Å²) in [5.41, 5.74) is 1.57. The summed E-state index contributed by atoms with van der Waals surface area (Å²) in [5.74, 6) is 0.452. The van der Waals surface area contributed by atoms with Crippen LogP contribution in [0.5, 0.6) is 11.5 Å². The average molecular weight is 276 g/mol. The van der Waals surface area contributed by atoms with E-state index in [0.29, 0.717) is 17.1 Å². The Balaban J connectivity index is 2.53. The number of aliphatic hydroxyl groups excluding tert-OH is 1. The van der Waals surface area contributed by atoms with Crippen LogP contribution in [0.25, 0.3) is 0 Å². The van der Waals surface area contributed by atoms with Crippen molar-refractivity contribution in [1.29, 1.82) is 0 Å². The SMILES string of the molecule is COc1cccc(C(O)c2cc(C)ccc2F)c1OC. The minimum Gasteiger partial charge on any atom is -0.493 e. The molecule has 2 aromatic carbocycles. The molecule has 0 radical (unpaired) electrons. The van der Waals surface area contributed by atoms with Gasteiger partial charge in [-0.1, -0.05) is 29.8 Å². The van der Waals surface area contributed by atoms with Gasteiger partial charge in [0.15, 0.2) is 11.5 Å². The highest BCUT2D eigenvalue weighted by Gasteiger charge is 2.21. The number of benzene rings is 2. The number of methoxy groups -OCH3 is 2. The van der Waals surface area contributed by atoms with Crippen LogP contribution in [-0.2, 0) is 0 Å². The van der Waals surface area contributed by atoms with E-state index in [9.17, 15) is 9.50 Å². The van der Waals surface area contributed by atoms with E-state index in [1.165, 1.54) is 20.3 Å². The second kappa shape index (κ2) is 5.92. The number of para-hydroxylation sites is 1. The van der Waals surface area contributed by atoms with Crippen LogP contribution in [0.2, 0.25) is 0 Å². The maximum atomic E-state index is 13.9. The molecule has 0 aliphatic heterocycles. The summed E-state index contributed by atoms with van der Waals surface area (Å²) in [6, 6.07) is 9.77. The van der Waals surface area contributed by atoms with Gasteiger partial charge in [0.2, 0.25) is 0 Å². The van der Waals surface area contributed by atoms with Crippen molar-refractivity contribution in [2.75, 3.05) is 14.2 Å². The van der Waals surface area contributed by atoms with Crippen LogP contribution in [0.3, 0.4) is 0 Å². The zero-order valence-electron chi connectivity index (χ0n) is 11.7. The van der Waals surface area contributed by atoms with Gasteiger partial charge in [0.1, 0.15) is 11.9 Å². The van der Waals surface area contributed by atoms with Gasteiger partial charge in [-0.2, -0.15) is 0 Å². The molecule has 0 amide bonds. The molecular weight excluding hydrogens is 259 g/mol. The molecule has 0 aliphatic rings. The first-order valence-electron chi connectivity index (χ1n) is 6.23. The van der Waals surface area contributed by atoms with Gasteiger partial charge in [-0.3, -0.25) is 0 Å². The average Bonchev–Trinajstić information content (AvgIpc) is 2.48. The van der Waals surface area contributed by atoms with Gasteiger partial charge in [0.25, 0.3) is 0 Å². The molecule has 3 nitrogen and oxygen atoms in total. The Morgan fingerprint density at radius 3 is 2.45 bits per heavy atom. The minimum atomic E-state index is -1.11. The maximum Gasteiger partial charge on any atom is 0.166 e. The number of rotatable bonds is 4. The van der Waals surface area contributed by atoms with Gasteiger partial charge in [-0.25, -0.2) is 4.39 Å². The first kappa shape index (κ1) is 14.3. The van der Waals surface area contributed by atoms with E-state index in [4.69, 9.17) is 9.47 Å². The van der Waals surface area contributed by atoms with Crippen molar-refractivity contribution in [2.24, 2.45) is 0 Å². The van der Waals surface area contributed by atoms with Gasteiger partial charge >= 0.3 is 0 Å². The molecule has 0 saturated carbocycles. The summed E-state index contributed by atoms with van der Waals surface area (Å²) in [6.07, 6.45) is -1.11. The molecule has 4 heteroatoms. The molecule has 0 fully saturated rings. The zero-order valence-corrected chi connectivity index (χ0v) is 11.7. The molecule has 1 N–H and O–H groups in total. The lowest BCUT2D eigenvalue weighted by Gasteiger charge is -2.18. The summed E-state index contributed by atoms with van der Waals surface area (Å²) < 4.78 is 24.4. The Hall–Kier alpha value is -2.07. The number of halogens is 1. The van der Waals surface area contributed by atoms with Crippen molar-refractivity contribution in [2.45, 2.75) is 13.0 Å². The maximum absolute atomic E-state index is 13.9. The van der Waals surface area contributed by atoms with Crippen molar-refractivity contribution < 1.29 is 19.0 Å². The van der Waals surface area contributed by atoms with Gasteiger partial charge < -0.3 is 14.6 Å². The van der Waals surface area contributed by atoms with Crippen LogP contribution in [0.1, 0.15) is 22.8 Å². The standard InChI is InChI=1S/C16H17FO3/c1-10-7-8-13(17)12(9-10)15(18)11-5-4-6-14(19-2)16(11)20-3/h4-9,15,18H,1-3H3. The van der Waals surface area contributed by atoms with Crippen LogP contribution in [-0.4, -0.2) is 19.3 Å². The Morgan fingerprint density at radius 1 is 1.05 bits per heavy atom. The van der Waals surface area contributed by atoms with Gasteiger partial charge in [-0.05, 0) is 19.1 Å². The number of aryl methyl sites for hydroxylation is 1. The molecule has 0 spiro atoms. The normalized spacial score (nSPS) is 12.1. The Kier molecular flexibility index (Phi) is 4.25. The van der Waals surface area contributed by atoms with E-state index >= 15 is 0 Å². The van der Waals surface area contributed by atoms with Crippen molar-refractivity contribution >= 4 is 0 Å². The predicted molar refractivity (Wildman–Crippen MR) is 74.7 cm³/mol. The highest BCUT2D eigenvalue weighted by molar-refractivity contribution is 5.50. The quantitative estimate of drug-likeness (QED) is 0.931. The summed E-state index contributed by atoms with van der Waals surface area (Å²) in [7, 11) is 3.00. The monoisotopic (exact) mass is 276 g/mol. The van der Waals surface area contributed by atoms with Gasteiger partial charge in [0, 0.05) is 11.1 Å². The van der Waals surface area contributed by atoms with E-state index in [1.54, 1.807) is 30.3 Å². The van der Waals surface area contributed by atoms with Crippen LogP contribution in [0.15, 0.2) is 36.4 Å². The van der Waals surface area contributed by atoms with E-state index in [-0.39, 0.29) is 5.56 Å². The smallest absolute Gasteiger partial charge is 0.166 e. The fourth-order valence-electron chi connectivity index (χ4n) is 2.17. The third-order valence-electron chi connectivity index (χ3n) is 3.17. The van der Waals surface area contributed by atoms with Crippen molar-refractivity contribution in [1.82, 2.24) is 0 Å². The molecule has 106 valence electrons. The fraction of sp³-hybridized carbons (Fsp3) is 0.250. The van der Waals surface area contributed by atoms with E-state index in [1.807, 2.05) is 6.92 Å². The Labute approximate surface area is 117 Å². The third-order valence-corrected chi connectivity index (χ3v) is 3.17. The largest absolute Gasteiger partial charge is 0.493 e. The molecule has 0 heterocycles. The number of ether oxygens (including phenoxy) is 2. The fourth-order valence-corrected chi connectivity index (χ4v) is 2.17. The third kappa shape index (κ3) is 2.60. The molecule has 20 heavy (non-hydrogen) atoms. The summed E-state index contributed by atoms with van der Waals surface area (Å²) in [4.78, 5) is 0. The first-order valence-corrected chi connectivity index (χ1v) is 6.23. The second-order valence-electron chi connectivity index (χ2n) is 4.51. The molecule has 0 aromatic heterocycles.